The largest absolute Gasteiger partial charge is 0.359 e. The van der Waals surface area contributed by atoms with Gasteiger partial charge in [-0.25, -0.2) is 0 Å². The van der Waals surface area contributed by atoms with Crippen LogP contribution in [0.4, 0.5) is 5.69 Å². The zero-order valence-corrected chi connectivity index (χ0v) is 22.9. The Bertz CT molecular complexity index is 1100. The fourth-order valence-electron chi connectivity index (χ4n) is 6.86. The van der Waals surface area contributed by atoms with Crippen molar-refractivity contribution in [3.05, 3.63) is 42.0 Å². The van der Waals surface area contributed by atoms with E-state index in [4.69, 9.17) is 4.74 Å². The normalized spacial score (nSPS) is 34.7. The van der Waals surface area contributed by atoms with Gasteiger partial charge in [0.05, 0.1) is 17.9 Å². The maximum absolute atomic E-state index is 14.0. The van der Waals surface area contributed by atoms with E-state index < -0.39 is 35.1 Å². The minimum atomic E-state index is -1.14. The minimum absolute atomic E-state index is 0.0871. The van der Waals surface area contributed by atoms with Crippen molar-refractivity contribution < 1.29 is 19.1 Å². The lowest BCUT2D eigenvalue weighted by Crippen LogP contribution is -2.61. The number of hydrogen-bond acceptors (Lipinski definition) is 4. The molecule has 1 saturated carbocycles. The third kappa shape index (κ3) is 4.29. The van der Waals surface area contributed by atoms with E-state index in [0.717, 1.165) is 19.3 Å². The van der Waals surface area contributed by atoms with Crippen molar-refractivity contribution in [3.8, 4) is 0 Å². The zero-order valence-electron chi connectivity index (χ0n) is 22.9. The lowest BCUT2D eigenvalue weighted by atomic mass is 9.74. The maximum Gasteiger partial charge on any atom is 0.246 e. The molecule has 200 valence electrons. The molecule has 3 amide bonds. The highest BCUT2D eigenvalue weighted by Crippen LogP contribution is 2.56. The first-order valence-electron chi connectivity index (χ1n) is 13.9. The molecule has 0 unspecified atom stereocenters. The molecule has 7 heteroatoms. The Morgan fingerprint density at radius 2 is 1.76 bits per heavy atom. The number of rotatable bonds is 5. The Balaban J connectivity index is 1.43. The van der Waals surface area contributed by atoms with Gasteiger partial charge in [0.2, 0.25) is 17.7 Å². The van der Waals surface area contributed by atoms with E-state index in [9.17, 15) is 14.4 Å². The van der Waals surface area contributed by atoms with Crippen molar-refractivity contribution in [2.75, 3.05) is 5.32 Å². The molecule has 2 N–H and O–H groups in total. The predicted molar refractivity (Wildman–Crippen MR) is 143 cm³/mol. The quantitative estimate of drug-likeness (QED) is 0.579. The summed E-state index contributed by atoms with van der Waals surface area (Å²) in [5.41, 5.74) is 0.129. The summed E-state index contributed by atoms with van der Waals surface area (Å²) in [6, 6.07) is 7.08. The van der Waals surface area contributed by atoms with Crippen molar-refractivity contribution in [3.63, 3.8) is 0 Å². The van der Waals surface area contributed by atoms with Gasteiger partial charge in [0, 0.05) is 17.3 Å². The third-order valence-electron chi connectivity index (χ3n) is 8.83. The highest BCUT2D eigenvalue weighted by Gasteiger charge is 2.74. The summed E-state index contributed by atoms with van der Waals surface area (Å²) in [6.07, 6.45) is 7.51. The predicted octanol–water partition coefficient (Wildman–Crippen LogP) is 4.39. The molecule has 1 aliphatic carbocycles. The van der Waals surface area contributed by atoms with E-state index in [1.165, 1.54) is 12.0 Å². The van der Waals surface area contributed by atoms with Gasteiger partial charge in [-0.05, 0) is 63.1 Å². The van der Waals surface area contributed by atoms with Gasteiger partial charge in [-0.3, -0.25) is 14.4 Å². The zero-order chi connectivity index (χ0) is 26.7. The summed E-state index contributed by atoms with van der Waals surface area (Å²) in [7, 11) is 0. The fourth-order valence-corrected chi connectivity index (χ4v) is 6.86. The molecule has 0 aromatic heterocycles. The molecule has 5 rings (SSSR count). The Hall–Kier alpha value is -2.67. The number of hydrogen-bond donors (Lipinski definition) is 2. The van der Waals surface area contributed by atoms with E-state index in [-0.39, 0.29) is 23.8 Å². The van der Waals surface area contributed by atoms with Crippen LogP contribution in [-0.2, 0) is 19.1 Å². The molecule has 7 atom stereocenters. The molecule has 0 radical (unpaired) electrons. The Labute approximate surface area is 220 Å². The average Bonchev–Trinajstić information content (AvgIpc) is 3.48. The van der Waals surface area contributed by atoms with Crippen LogP contribution in [0.5, 0.6) is 0 Å². The summed E-state index contributed by atoms with van der Waals surface area (Å²) in [5.74, 6) is -1.26. The van der Waals surface area contributed by atoms with Crippen LogP contribution in [0.15, 0.2) is 36.4 Å². The van der Waals surface area contributed by atoms with Crippen LogP contribution in [0, 0.1) is 17.8 Å². The monoisotopic (exact) mass is 507 g/mol. The number of amides is 3. The van der Waals surface area contributed by atoms with Crippen molar-refractivity contribution >= 4 is 23.4 Å². The third-order valence-corrected chi connectivity index (χ3v) is 8.83. The molecular weight excluding hydrogens is 466 g/mol. The maximum atomic E-state index is 14.0. The molecule has 4 aliphatic rings. The van der Waals surface area contributed by atoms with Crippen molar-refractivity contribution in [2.24, 2.45) is 17.8 Å². The van der Waals surface area contributed by atoms with E-state index in [1.54, 1.807) is 4.90 Å². The molecule has 1 aromatic rings. The Kier molecular flexibility index (Phi) is 6.50. The molecule has 1 spiro atoms. The number of carbonyl (C=O) groups excluding carboxylic acids is 3. The van der Waals surface area contributed by atoms with Crippen LogP contribution in [0.2, 0.25) is 0 Å². The lowest BCUT2D eigenvalue weighted by molar-refractivity contribution is -0.147. The van der Waals surface area contributed by atoms with Gasteiger partial charge >= 0.3 is 0 Å². The Morgan fingerprint density at radius 3 is 2.38 bits per heavy atom. The molecule has 7 nitrogen and oxygen atoms in total. The molecule has 2 saturated heterocycles. The van der Waals surface area contributed by atoms with Crippen LogP contribution in [0.25, 0.3) is 0 Å². The highest BCUT2D eigenvalue weighted by atomic mass is 16.5. The topological polar surface area (TPSA) is 87.7 Å². The first-order valence-corrected chi connectivity index (χ1v) is 13.9. The number of fused-ring (bicyclic) bond motifs is 1. The van der Waals surface area contributed by atoms with Crippen molar-refractivity contribution in [1.82, 2.24) is 10.2 Å². The second-order valence-corrected chi connectivity index (χ2v) is 12.7. The van der Waals surface area contributed by atoms with Crippen molar-refractivity contribution in [2.45, 2.75) is 102 Å². The van der Waals surface area contributed by atoms with Crippen LogP contribution in [-0.4, -0.2) is 51.9 Å². The molecule has 37 heavy (non-hydrogen) atoms. The summed E-state index contributed by atoms with van der Waals surface area (Å²) < 4.78 is 6.46. The lowest BCUT2D eigenvalue weighted by Gasteiger charge is -2.41. The molecule has 1 aromatic carbocycles. The number of nitrogens with one attached hydrogen (secondary N) is 2. The van der Waals surface area contributed by atoms with Crippen LogP contribution in [0.1, 0.15) is 78.7 Å². The molecule has 3 heterocycles. The van der Waals surface area contributed by atoms with Gasteiger partial charge in [0.25, 0.3) is 0 Å². The van der Waals surface area contributed by atoms with E-state index in [0.29, 0.717) is 17.5 Å². The van der Waals surface area contributed by atoms with Gasteiger partial charge in [-0.15, -0.1) is 0 Å². The van der Waals surface area contributed by atoms with Gasteiger partial charge < -0.3 is 20.3 Å². The fraction of sp³-hybridized carbons (Fsp3) is 0.633. The SMILES string of the molecule is CC(C)c1ccc(NC(=O)[C@@H]2[C@@H]3C=C[C@]4(O3)[C@@H]2C(=O)N(C(C)(C)C)[C@H]4C(=O)N[C@@H]2CCCC[C@@H]2C)cc1. The average molecular weight is 508 g/mol. The van der Waals surface area contributed by atoms with Gasteiger partial charge in [0.15, 0.2) is 0 Å². The first kappa shape index (κ1) is 26.0. The van der Waals surface area contributed by atoms with Gasteiger partial charge in [0.1, 0.15) is 11.6 Å². The van der Waals surface area contributed by atoms with E-state index >= 15 is 0 Å². The number of benzene rings is 1. The van der Waals surface area contributed by atoms with Gasteiger partial charge in [-0.1, -0.05) is 57.9 Å². The summed E-state index contributed by atoms with van der Waals surface area (Å²) in [6.45, 7) is 12.2. The summed E-state index contributed by atoms with van der Waals surface area (Å²) >= 11 is 0. The molecule has 3 fully saturated rings. The van der Waals surface area contributed by atoms with E-state index in [1.807, 2.05) is 57.2 Å². The standard InChI is InChI=1S/C30H41N3O4/c1-17(2)19-11-13-20(14-12-19)31-26(34)23-22-15-16-30(37-22)24(23)28(36)33(29(4,5)6)25(30)27(35)32-21-10-8-7-9-18(21)3/h11-18,21-25H,7-10H2,1-6H3,(H,31,34)(H,32,35)/t18-,21+,22-,23+,24-,25-,30-/m0/s1. The minimum Gasteiger partial charge on any atom is -0.359 e. The smallest absolute Gasteiger partial charge is 0.246 e. The summed E-state index contributed by atoms with van der Waals surface area (Å²) in [5, 5.41) is 6.28. The molecule has 2 bridgehead atoms. The highest BCUT2D eigenvalue weighted by molar-refractivity contribution is 6.03. The van der Waals surface area contributed by atoms with Crippen LogP contribution in [0.3, 0.4) is 0 Å². The summed E-state index contributed by atoms with van der Waals surface area (Å²) in [4.78, 5) is 43.2. The van der Waals surface area contributed by atoms with E-state index in [2.05, 4.69) is 31.4 Å². The van der Waals surface area contributed by atoms with Crippen LogP contribution < -0.4 is 10.6 Å². The second kappa shape index (κ2) is 9.26. The Morgan fingerprint density at radius 1 is 1.08 bits per heavy atom. The number of ether oxygens (including phenoxy) is 1. The number of carbonyl (C=O) groups is 3. The number of nitrogens with zero attached hydrogens (tertiary/aromatic N) is 1. The van der Waals surface area contributed by atoms with Crippen LogP contribution >= 0.6 is 0 Å². The first-order chi connectivity index (χ1) is 17.4. The van der Waals surface area contributed by atoms with Crippen molar-refractivity contribution in [1.29, 1.82) is 0 Å². The molecular formula is C30H41N3O4. The number of likely N-dealkylation sites (tertiary alicyclic amines) is 1. The second-order valence-electron chi connectivity index (χ2n) is 12.7. The number of anilines is 1. The molecule has 3 aliphatic heterocycles. The van der Waals surface area contributed by atoms with Gasteiger partial charge in [-0.2, -0.15) is 0 Å².